The summed E-state index contributed by atoms with van der Waals surface area (Å²) in [6.07, 6.45) is 0.935. The fourth-order valence-electron chi connectivity index (χ4n) is 5.51. The Morgan fingerprint density at radius 1 is 0.902 bits per heavy atom. The van der Waals surface area contributed by atoms with E-state index < -0.39 is 23.6 Å². The first-order valence-electron chi connectivity index (χ1n) is 14.2. The number of nitrogens with zero attached hydrogens (tertiary/aromatic N) is 1. The van der Waals surface area contributed by atoms with Crippen molar-refractivity contribution in [2.45, 2.75) is 103 Å². The van der Waals surface area contributed by atoms with Gasteiger partial charge in [0, 0.05) is 23.5 Å². The van der Waals surface area contributed by atoms with Gasteiger partial charge >= 0.3 is 6.09 Å². The van der Waals surface area contributed by atoms with Gasteiger partial charge in [-0.3, -0.25) is 14.4 Å². The van der Waals surface area contributed by atoms with Crippen LogP contribution in [0.5, 0.6) is 0 Å². The van der Waals surface area contributed by atoms with Gasteiger partial charge in [-0.15, -0.1) is 0 Å². The second-order valence-electron chi connectivity index (χ2n) is 13.0. The van der Waals surface area contributed by atoms with E-state index in [0.29, 0.717) is 19.4 Å². The van der Waals surface area contributed by atoms with Crippen molar-refractivity contribution in [1.29, 1.82) is 0 Å². The molecule has 41 heavy (non-hydrogen) atoms. The van der Waals surface area contributed by atoms with Crippen molar-refractivity contribution in [3.63, 3.8) is 0 Å². The van der Waals surface area contributed by atoms with Crippen LogP contribution in [-0.2, 0) is 32.2 Å². The number of carbonyl (C=O) groups is 3. The van der Waals surface area contributed by atoms with Crippen LogP contribution in [0.4, 0.5) is 4.79 Å². The third-order valence-corrected chi connectivity index (χ3v) is 6.87. The molecule has 1 fully saturated rings. The summed E-state index contributed by atoms with van der Waals surface area (Å²) in [5.74, 6) is -0.746. The number of hydrogen-bond acceptors (Lipinski definition) is 6. The number of piperidine rings is 1. The van der Waals surface area contributed by atoms with Crippen molar-refractivity contribution in [2.24, 2.45) is 0 Å². The Balaban J connectivity index is 1.57. The van der Waals surface area contributed by atoms with E-state index in [2.05, 4.69) is 43.6 Å². The van der Waals surface area contributed by atoms with Gasteiger partial charge in [0.25, 0.3) is 0 Å². The number of rotatable bonds is 10. The highest BCUT2D eigenvalue weighted by Gasteiger charge is 2.47. The number of amides is 3. The first-order chi connectivity index (χ1) is 19.1. The molecule has 3 amide bonds. The molecular formula is C32H46N4O5. The number of hydroxylamine groups is 2. The first kappa shape index (κ1) is 32.1. The maximum atomic E-state index is 13.1. The molecule has 9 heteroatoms. The SMILES string of the molecule is CC(C)(C)OC(=O)N[C@@H](Cc1ccccc1)C(=O)NCC(=O)NC1CC(C)(C)N(OCc2ccccc2)C(C)(C)C1. The summed E-state index contributed by atoms with van der Waals surface area (Å²) in [6, 6.07) is 18.4. The molecule has 2 aromatic carbocycles. The van der Waals surface area contributed by atoms with Crippen molar-refractivity contribution >= 4 is 17.9 Å². The second-order valence-corrected chi connectivity index (χ2v) is 13.0. The molecule has 0 saturated carbocycles. The average Bonchev–Trinajstić information content (AvgIpc) is 2.85. The molecule has 1 aliphatic rings. The molecule has 9 nitrogen and oxygen atoms in total. The van der Waals surface area contributed by atoms with E-state index in [0.717, 1.165) is 11.1 Å². The highest BCUT2D eigenvalue weighted by molar-refractivity contribution is 5.89. The summed E-state index contributed by atoms with van der Waals surface area (Å²) in [5, 5.41) is 10.5. The Morgan fingerprint density at radius 3 is 1.98 bits per heavy atom. The van der Waals surface area contributed by atoms with Crippen LogP contribution in [0, 0.1) is 0 Å². The van der Waals surface area contributed by atoms with Gasteiger partial charge in [0.2, 0.25) is 11.8 Å². The molecule has 1 aliphatic heterocycles. The van der Waals surface area contributed by atoms with Crippen molar-refractivity contribution in [1.82, 2.24) is 21.0 Å². The normalized spacial score (nSPS) is 17.7. The van der Waals surface area contributed by atoms with Gasteiger partial charge in [-0.05, 0) is 72.4 Å². The predicted molar refractivity (Wildman–Crippen MR) is 159 cm³/mol. The Hall–Kier alpha value is -3.43. The lowest BCUT2D eigenvalue weighted by atomic mass is 9.79. The number of ether oxygens (including phenoxy) is 1. The number of benzene rings is 2. The lowest BCUT2D eigenvalue weighted by Gasteiger charge is -2.53. The summed E-state index contributed by atoms with van der Waals surface area (Å²) < 4.78 is 5.35. The van der Waals surface area contributed by atoms with Gasteiger partial charge in [0.1, 0.15) is 11.6 Å². The largest absolute Gasteiger partial charge is 0.444 e. The lowest BCUT2D eigenvalue weighted by molar-refractivity contribution is -0.291. The molecule has 0 radical (unpaired) electrons. The van der Waals surface area contributed by atoms with E-state index in [-0.39, 0.29) is 36.0 Å². The van der Waals surface area contributed by atoms with Crippen LogP contribution in [0.1, 0.15) is 72.4 Å². The predicted octanol–water partition coefficient (Wildman–Crippen LogP) is 4.51. The molecule has 0 aliphatic carbocycles. The van der Waals surface area contributed by atoms with Gasteiger partial charge in [0.15, 0.2) is 0 Å². The van der Waals surface area contributed by atoms with E-state index >= 15 is 0 Å². The number of hydrogen-bond donors (Lipinski definition) is 3. The molecule has 0 bridgehead atoms. The lowest BCUT2D eigenvalue weighted by Crippen LogP contribution is -2.64. The number of nitrogens with one attached hydrogen (secondary N) is 3. The minimum atomic E-state index is -0.900. The maximum absolute atomic E-state index is 13.1. The molecule has 3 rings (SSSR count). The zero-order valence-corrected chi connectivity index (χ0v) is 25.5. The molecular weight excluding hydrogens is 520 g/mol. The van der Waals surface area contributed by atoms with Gasteiger partial charge in [0.05, 0.1) is 13.2 Å². The zero-order chi connectivity index (χ0) is 30.3. The smallest absolute Gasteiger partial charge is 0.408 e. The number of alkyl carbamates (subject to hydrolysis) is 1. The monoisotopic (exact) mass is 566 g/mol. The molecule has 224 valence electrons. The minimum Gasteiger partial charge on any atom is -0.444 e. The summed E-state index contributed by atoms with van der Waals surface area (Å²) in [4.78, 5) is 44.8. The summed E-state index contributed by atoms with van der Waals surface area (Å²) in [6.45, 7) is 14.0. The fraction of sp³-hybridized carbons (Fsp3) is 0.531. The molecule has 0 unspecified atom stereocenters. The molecule has 0 spiro atoms. The third-order valence-electron chi connectivity index (χ3n) is 6.87. The highest BCUT2D eigenvalue weighted by atomic mass is 16.7. The van der Waals surface area contributed by atoms with Gasteiger partial charge < -0.3 is 20.7 Å². The number of carbonyl (C=O) groups excluding carboxylic acids is 3. The van der Waals surface area contributed by atoms with E-state index in [1.807, 2.05) is 65.7 Å². The molecule has 1 atom stereocenters. The minimum absolute atomic E-state index is 0.0963. The molecule has 0 aromatic heterocycles. The summed E-state index contributed by atoms with van der Waals surface area (Å²) in [7, 11) is 0. The van der Waals surface area contributed by atoms with Crippen molar-refractivity contribution in [2.75, 3.05) is 6.54 Å². The third kappa shape index (κ3) is 10.2. The van der Waals surface area contributed by atoms with Crippen LogP contribution < -0.4 is 16.0 Å². The van der Waals surface area contributed by atoms with Crippen molar-refractivity contribution in [3.05, 3.63) is 71.8 Å². The van der Waals surface area contributed by atoms with E-state index in [1.54, 1.807) is 20.8 Å². The molecule has 1 heterocycles. The maximum Gasteiger partial charge on any atom is 0.408 e. The summed E-state index contributed by atoms with van der Waals surface area (Å²) in [5.41, 5.74) is 0.587. The van der Waals surface area contributed by atoms with E-state index in [9.17, 15) is 14.4 Å². The molecule has 1 saturated heterocycles. The van der Waals surface area contributed by atoms with Gasteiger partial charge in [-0.2, -0.15) is 5.06 Å². The van der Waals surface area contributed by atoms with Gasteiger partial charge in [-0.1, -0.05) is 60.7 Å². The Morgan fingerprint density at radius 2 is 1.44 bits per heavy atom. The van der Waals surface area contributed by atoms with Crippen LogP contribution in [0.2, 0.25) is 0 Å². The second kappa shape index (κ2) is 13.5. The van der Waals surface area contributed by atoms with Crippen LogP contribution in [0.3, 0.4) is 0 Å². The van der Waals surface area contributed by atoms with Crippen molar-refractivity contribution < 1.29 is 24.0 Å². The summed E-state index contributed by atoms with van der Waals surface area (Å²) >= 11 is 0. The quantitative estimate of drug-likeness (QED) is 0.391. The topological polar surface area (TPSA) is 109 Å². The van der Waals surface area contributed by atoms with Crippen LogP contribution in [0.15, 0.2) is 60.7 Å². The fourth-order valence-corrected chi connectivity index (χ4v) is 5.51. The Labute approximate surface area is 244 Å². The highest BCUT2D eigenvalue weighted by Crippen LogP contribution is 2.39. The molecule has 2 aromatic rings. The van der Waals surface area contributed by atoms with Crippen LogP contribution in [-0.4, -0.2) is 58.3 Å². The standard InChI is InChI=1S/C32H46N4O5/c1-30(2,3)41-29(39)35-26(18-23-14-10-8-11-15-23)28(38)33-21-27(37)34-25-19-31(4,5)36(32(6,7)20-25)40-22-24-16-12-9-13-17-24/h8-17,25-26H,18-22H2,1-7H3,(H,33,38)(H,34,37)(H,35,39)/t26-/m0/s1. The zero-order valence-electron chi connectivity index (χ0n) is 25.5. The van der Waals surface area contributed by atoms with Gasteiger partial charge in [-0.25, -0.2) is 4.79 Å². The molecule has 3 N–H and O–H groups in total. The van der Waals surface area contributed by atoms with E-state index in [4.69, 9.17) is 9.57 Å². The Kier molecular flexibility index (Phi) is 10.6. The van der Waals surface area contributed by atoms with Crippen LogP contribution >= 0.6 is 0 Å². The van der Waals surface area contributed by atoms with Crippen LogP contribution in [0.25, 0.3) is 0 Å². The van der Waals surface area contributed by atoms with E-state index in [1.165, 1.54) is 0 Å². The Bertz CT molecular complexity index is 1140. The first-order valence-corrected chi connectivity index (χ1v) is 14.2. The average molecular weight is 567 g/mol. The van der Waals surface area contributed by atoms with Crippen molar-refractivity contribution in [3.8, 4) is 0 Å².